The first-order chi connectivity index (χ1) is 18.2. The number of rotatable bonds is 6. The minimum Gasteiger partial charge on any atom is -0.378 e. The third-order valence-corrected chi connectivity index (χ3v) is 9.15. The fraction of sp³-hybridized carbons (Fsp3) is 0.552. The SMILES string of the molecule is O=C(CN1CCN(c2nc(CCc3ccccc3)nc3sc4c(c23)CCCCC4)CC1)N1CCOCC1. The first kappa shape index (κ1) is 24.8. The van der Waals surface area contributed by atoms with Gasteiger partial charge in [0.05, 0.1) is 25.1 Å². The van der Waals surface area contributed by atoms with Gasteiger partial charge in [-0.2, -0.15) is 0 Å². The summed E-state index contributed by atoms with van der Waals surface area (Å²) in [7, 11) is 0. The Morgan fingerprint density at radius 3 is 2.49 bits per heavy atom. The van der Waals surface area contributed by atoms with Crippen LogP contribution >= 0.6 is 11.3 Å². The molecule has 196 valence electrons. The summed E-state index contributed by atoms with van der Waals surface area (Å²) in [6.07, 6.45) is 7.96. The van der Waals surface area contributed by atoms with Crippen LogP contribution in [0, 0.1) is 0 Å². The number of amides is 1. The maximum absolute atomic E-state index is 12.8. The third-order valence-electron chi connectivity index (χ3n) is 7.97. The first-order valence-corrected chi connectivity index (χ1v) is 14.7. The van der Waals surface area contributed by atoms with E-state index < -0.39 is 0 Å². The molecule has 1 aromatic carbocycles. The second kappa shape index (κ2) is 11.5. The summed E-state index contributed by atoms with van der Waals surface area (Å²) in [5, 5.41) is 1.31. The van der Waals surface area contributed by atoms with Gasteiger partial charge in [0.2, 0.25) is 5.91 Å². The number of carbonyl (C=O) groups is 1. The van der Waals surface area contributed by atoms with Crippen molar-refractivity contribution in [1.82, 2.24) is 19.8 Å². The molecule has 37 heavy (non-hydrogen) atoms. The van der Waals surface area contributed by atoms with Crippen LogP contribution < -0.4 is 4.90 Å². The van der Waals surface area contributed by atoms with Gasteiger partial charge in [-0.3, -0.25) is 9.69 Å². The van der Waals surface area contributed by atoms with E-state index in [4.69, 9.17) is 14.7 Å². The average Bonchev–Trinajstić information content (AvgIpc) is 3.13. The Hall–Kier alpha value is -2.55. The molecular formula is C29H37N5O2S. The Kier molecular flexibility index (Phi) is 7.67. The second-order valence-electron chi connectivity index (χ2n) is 10.4. The van der Waals surface area contributed by atoms with Crippen molar-refractivity contribution in [3.63, 3.8) is 0 Å². The quantitative estimate of drug-likeness (QED) is 0.463. The molecule has 2 fully saturated rings. The van der Waals surface area contributed by atoms with Crippen molar-refractivity contribution in [2.24, 2.45) is 0 Å². The van der Waals surface area contributed by atoms with Crippen LogP contribution in [0.25, 0.3) is 10.2 Å². The molecule has 6 rings (SSSR count). The lowest BCUT2D eigenvalue weighted by Crippen LogP contribution is -2.51. The maximum atomic E-state index is 12.8. The van der Waals surface area contributed by atoms with Gasteiger partial charge in [-0.1, -0.05) is 36.8 Å². The minimum absolute atomic E-state index is 0.229. The highest BCUT2D eigenvalue weighted by molar-refractivity contribution is 7.19. The fourth-order valence-electron chi connectivity index (χ4n) is 5.82. The summed E-state index contributed by atoms with van der Waals surface area (Å²) in [5.74, 6) is 2.31. The number of hydrogen-bond donors (Lipinski definition) is 0. The van der Waals surface area contributed by atoms with Crippen LogP contribution in [0.3, 0.4) is 0 Å². The van der Waals surface area contributed by atoms with Crippen LogP contribution in [0.15, 0.2) is 30.3 Å². The number of aromatic nitrogens is 2. The molecule has 0 unspecified atom stereocenters. The Balaban J connectivity index is 1.22. The van der Waals surface area contributed by atoms with Gasteiger partial charge in [-0.05, 0) is 43.2 Å². The summed E-state index contributed by atoms with van der Waals surface area (Å²) < 4.78 is 5.41. The van der Waals surface area contributed by atoms with Crippen molar-refractivity contribution in [3.05, 3.63) is 52.2 Å². The zero-order valence-electron chi connectivity index (χ0n) is 21.7. The summed E-state index contributed by atoms with van der Waals surface area (Å²) in [6, 6.07) is 10.6. The van der Waals surface area contributed by atoms with Crippen molar-refractivity contribution in [1.29, 1.82) is 0 Å². The maximum Gasteiger partial charge on any atom is 0.236 e. The van der Waals surface area contributed by atoms with E-state index in [1.807, 2.05) is 16.2 Å². The molecule has 3 aromatic rings. The Morgan fingerprint density at radius 2 is 1.68 bits per heavy atom. The first-order valence-electron chi connectivity index (χ1n) is 13.9. The molecule has 3 aliphatic rings. The van der Waals surface area contributed by atoms with E-state index >= 15 is 0 Å². The summed E-state index contributed by atoms with van der Waals surface area (Å²) in [4.78, 5) is 32.5. The number of fused-ring (bicyclic) bond motifs is 3. The number of anilines is 1. The van der Waals surface area contributed by atoms with Gasteiger partial charge in [0.1, 0.15) is 16.5 Å². The summed E-state index contributed by atoms with van der Waals surface area (Å²) in [6.45, 7) is 6.79. The highest BCUT2D eigenvalue weighted by atomic mass is 32.1. The predicted molar refractivity (Wildman–Crippen MR) is 149 cm³/mol. The van der Waals surface area contributed by atoms with Crippen LogP contribution in [-0.2, 0) is 35.2 Å². The van der Waals surface area contributed by atoms with E-state index in [-0.39, 0.29) is 5.91 Å². The zero-order valence-corrected chi connectivity index (χ0v) is 22.5. The third kappa shape index (κ3) is 5.66. The molecule has 0 N–H and O–H groups in total. The number of morpholine rings is 1. The molecule has 2 aliphatic heterocycles. The average molecular weight is 520 g/mol. The standard InChI is InChI=1S/C29H37N5O2S/c35-26(33-17-19-36-20-18-33)21-32-13-15-34(16-14-32)28-27-23-9-5-2-6-10-24(23)37-29(27)31-25(30-28)12-11-22-7-3-1-4-8-22/h1,3-4,7-8H,2,5-6,9-21H2. The number of thiophene rings is 1. The van der Waals surface area contributed by atoms with E-state index in [0.29, 0.717) is 32.8 Å². The molecule has 1 aliphatic carbocycles. The van der Waals surface area contributed by atoms with Crippen molar-refractivity contribution in [2.45, 2.75) is 44.9 Å². The van der Waals surface area contributed by atoms with Crippen LogP contribution in [0.5, 0.6) is 0 Å². The smallest absolute Gasteiger partial charge is 0.236 e. The van der Waals surface area contributed by atoms with Gasteiger partial charge in [-0.15, -0.1) is 11.3 Å². The molecular weight excluding hydrogens is 482 g/mol. The van der Waals surface area contributed by atoms with Crippen LogP contribution in [0.2, 0.25) is 0 Å². The van der Waals surface area contributed by atoms with Crippen molar-refractivity contribution in [2.75, 3.05) is 63.9 Å². The van der Waals surface area contributed by atoms with E-state index in [2.05, 4.69) is 40.1 Å². The topological polar surface area (TPSA) is 61.8 Å². The second-order valence-corrected chi connectivity index (χ2v) is 11.5. The van der Waals surface area contributed by atoms with Crippen LogP contribution in [-0.4, -0.2) is 84.7 Å². The van der Waals surface area contributed by atoms with Crippen LogP contribution in [0.4, 0.5) is 5.82 Å². The van der Waals surface area contributed by atoms with E-state index in [1.54, 1.807) is 0 Å². The van der Waals surface area contributed by atoms with E-state index in [1.165, 1.54) is 51.9 Å². The lowest BCUT2D eigenvalue weighted by molar-refractivity contribution is -0.136. The number of ether oxygens (including phenoxy) is 1. The molecule has 0 bridgehead atoms. The Morgan fingerprint density at radius 1 is 0.892 bits per heavy atom. The monoisotopic (exact) mass is 519 g/mol. The predicted octanol–water partition coefficient (Wildman–Crippen LogP) is 3.73. The highest BCUT2D eigenvalue weighted by Crippen LogP contribution is 2.39. The Labute approximate surface area is 223 Å². The molecule has 2 aromatic heterocycles. The molecule has 2 saturated heterocycles. The number of piperazine rings is 1. The van der Waals surface area contributed by atoms with Gasteiger partial charge in [-0.25, -0.2) is 9.97 Å². The van der Waals surface area contributed by atoms with Crippen molar-refractivity contribution in [3.8, 4) is 0 Å². The molecule has 8 heteroatoms. The van der Waals surface area contributed by atoms with Crippen molar-refractivity contribution >= 4 is 33.3 Å². The van der Waals surface area contributed by atoms with Gasteiger partial charge in [0.15, 0.2) is 0 Å². The normalized spacial score (nSPS) is 19.1. The largest absolute Gasteiger partial charge is 0.378 e. The van der Waals surface area contributed by atoms with Gasteiger partial charge >= 0.3 is 0 Å². The number of nitrogens with zero attached hydrogens (tertiary/aromatic N) is 5. The van der Waals surface area contributed by atoms with E-state index in [9.17, 15) is 4.79 Å². The molecule has 0 spiro atoms. The molecule has 0 saturated carbocycles. The lowest BCUT2D eigenvalue weighted by Gasteiger charge is -2.37. The molecule has 4 heterocycles. The molecule has 0 radical (unpaired) electrons. The highest BCUT2D eigenvalue weighted by Gasteiger charge is 2.27. The minimum atomic E-state index is 0.229. The zero-order chi connectivity index (χ0) is 25.0. The van der Waals surface area contributed by atoms with Gasteiger partial charge < -0.3 is 14.5 Å². The number of benzene rings is 1. The number of hydrogen-bond acceptors (Lipinski definition) is 7. The van der Waals surface area contributed by atoms with E-state index in [0.717, 1.165) is 57.1 Å². The number of carbonyl (C=O) groups excluding carboxylic acids is 1. The number of aryl methyl sites for hydroxylation is 4. The van der Waals surface area contributed by atoms with Crippen LogP contribution in [0.1, 0.15) is 41.1 Å². The fourth-order valence-corrected chi connectivity index (χ4v) is 7.10. The summed E-state index contributed by atoms with van der Waals surface area (Å²) in [5.41, 5.74) is 2.83. The molecule has 7 nitrogen and oxygen atoms in total. The molecule has 1 amide bonds. The van der Waals surface area contributed by atoms with Gasteiger partial charge in [0.25, 0.3) is 0 Å². The van der Waals surface area contributed by atoms with Gasteiger partial charge in [0, 0.05) is 50.6 Å². The summed E-state index contributed by atoms with van der Waals surface area (Å²) >= 11 is 1.90. The lowest BCUT2D eigenvalue weighted by atomic mass is 10.1. The Bertz CT molecular complexity index is 1220. The molecule has 0 atom stereocenters. The van der Waals surface area contributed by atoms with Crippen molar-refractivity contribution < 1.29 is 9.53 Å².